The van der Waals surface area contributed by atoms with Gasteiger partial charge in [0.2, 0.25) is 0 Å². The first-order valence-corrected chi connectivity index (χ1v) is 7.01. The summed E-state index contributed by atoms with van der Waals surface area (Å²) >= 11 is 0. The molecule has 90 valence electrons. The molecule has 2 N–H and O–H groups in total. The molecule has 0 aliphatic heterocycles. The van der Waals surface area contributed by atoms with Crippen LogP contribution in [0.15, 0.2) is 24.3 Å². The van der Waals surface area contributed by atoms with Crippen LogP contribution in [-0.4, -0.2) is 19.9 Å². The minimum atomic E-state index is -3.22. The summed E-state index contributed by atoms with van der Waals surface area (Å²) in [6.07, 6.45) is 1.57. The van der Waals surface area contributed by atoms with Crippen LogP contribution in [0, 0.1) is 5.82 Å². The zero-order valence-corrected chi connectivity index (χ0v) is 10.2. The number of sulfone groups is 1. The first-order chi connectivity index (χ1) is 7.36. The standard InChI is InChI=1S/C11H16FNO2S/c1-3-10(16(2,14)15)11(13)8-5-4-6-9(12)7-8/h4-7,10-11H,3,13H2,1-2H3/t10-,11-/m1/s1. The van der Waals surface area contributed by atoms with Crippen molar-refractivity contribution in [3.63, 3.8) is 0 Å². The van der Waals surface area contributed by atoms with Crippen LogP contribution in [0.5, 0.6) is 0 Å². The SMILES string of the molecule is CC[C@H]([C@H](N)c1cccc(F)c1)S(C)(=O)=O. The van der Waals surface area contributed by atoms with Gasteiger partial charge in [-0.1, -0.05) is 19.1 Å². The average molecular weight is 245 g/mol. The van der Waals surface area contributed by atoms with E-state index in [1.165, 1.54) is 18.2 Å². The second-order valence-electron chi connectivity index (χ2n) is 3.86. The molecule has 0 aliphatic rings. The summed E-state index contributed by atoms with van der Waals surface area (Å²) in [6.45, 7) is 1.75. The van der Waals surface area contributed by atoms with Crippen molar-refractivity contribution in [1.82, 2.24) is 0 Å². The molecule has 0 bridgehead atoms. The van der Waals surface area contributed by atoms with E-state index in [-0.39, 0.29) is 0 Å². The van der Waals surface area contributed by atoms with Crippen LogP contribution in [0.1, 0.15) is 24.9 Å². The van der Waals surface area contributed by atoms with Gasteiger partial charge in [0.15, 0.2) is 9.84 Å². The first kappa shape index (κ1) is 13.1. The molecule has 0 aliphatic carbocycles. The van der Waals surface area contributed by atoms with Crippen molar-refractivity contribution in [3.8, 4) is 0 Å². The summed E-state index contributed by atoms with van der Waals surface area (Å²) in [6, 6.07) is 5.06. The lowest BCUT2D eigenvalue weighted by Gasteiger charge is -2.21. The molecule has 1 aromatic carbocycles. The topological polar surface area (TPSA) is 60.2 Å². The van der Waals surface area contributed by atoms with Crippen LogP contribution in [0.3, 0.4) is 0 Å². The van der Waals surface area contributed by atoms with Gasteiger partial charge in [-0.15, -0.1) is 0 Å². The molecule has 0 amide bonds. The number of benzene rings is 1. The van der Waals surface area contributed by atoms with Crippen LogP contribution in [-0.2, 0) is 9.84 Å². The van der Waals surface area contributed by atoms with Crippen LogP contribution in [0.25, 0.3) is 0 Å². The van der Waals surface area contributed by atoms with Gasteiger partial charge in [-0.3, -0.25) is 0 Å². The third-order valence-corrected chi connectivity index (χ3v) is 4.31. The minimum absolute atomic E-state index is 0.406. The third-order valence-electron chi connectivity index (χ3n) is 2.59. The summed E-state index contributed by atoms with van der Waals surface area (Å²) in [5, 5.41) is -0.672. The smallest absolute Gasteiger partial charge is 0.152 e. The fraction of sp³-hybridized carbons (Fsp3) is 0.455. The molecule has 0 fully saturated rings. The molecule has 0 unspecified atom stereocenters. The lowest BCUT2D eigenvalue weighted by atomic mass is 10.0. The molecule has 0 heterocycles. The van der Waals surface area contributed by atoms with E-state index < -0.39 is 26.9 Å². The molecule has 0 aromatic heterocycles. The lowest BCUT2D eigenvalue weighted by molar-refractivity contribution is 0.550. The molecular formula is C11H16FNO2S. The highest BCUT2D eigenvalue weighted by Crippen LogP contribution is 2.22. The lowest BCUT2D eigenvalue weighted by Crippen LogP contribution is -2.32. The molecule has 1 aromatic rings. The molecule has 0 saturated heterocycles. The van der Waals surface area contributed by atoms with E-state index in [9.17, 15) is 12.8 Å². The molecule has 0 radical (unpaired) electrons. The number of hydrogen-bond donors (Lipinski definition) is 1. The summed E-state index contributed by atoms with van der Waals surface area (Å²) < 4.78 is 36.0. The molecular weight excluding hydrogens is 229 g/mol. The molecule has 16 heavy (non-hydrogen) atoms. The Hall–Kier alpha value is -0.940. The van der Waals surface area contributed by atoms with Crippen LogP contribution in [0.4, 0.5) is 4.39 Å². The number of rotatable bonds is 4. The Bertz CT molecular complexity index is 459. The quantitative estimate of drug-likeness (QED) is 0.877. The van der Waals surface area contributed by atoms with Crippen LogP contribution < -0.4 is 5.73 Å². The Kier molecular flexibility index (Phi) is 4.04. The van der Waals surface area contributed by atoms with Crippen molar-refractivity contribution in [2.75, 3.05) is 6.26 Å². The van der Waals surface area contributed by atoms with E-state index in [2.05, 4.69) is 0 Å². The van der Waals surface area contributed by atoms with Crippen molar-refractivity contribution in [1.29, 1.82) is 0 Å². The van der Waals surface area contributed by atoms with Gasteiger partial charge in [0, 0.05) is 12.3 Å². The fourth-order valence-electron chi connectivity index (χ4n) is 1.75. The zero-order valence-electron chi connectivity index (χ0n) is 9.35. The van der Waals surface area contributed by atoms with Crippen molar-refractivity contribution >= 4 is 9.84 Å². The highest BCUT2D eigenvalue weighted by atomic mass is 32.2. The molecule has 2 atom stereocenters. The molecule has 0 spiro atoms. The van der Waals surface area contributed by atoms with E-state index in [1.54, 1.807) is 13.0 Å². The van der Waals surface area contributed by atoms with Gasteiger partial charge in [-0.2, -0.15) is 0 Å². The maximum atomic E-state index is 13.0. The van der Waals surface area contributed by atoms with Crippen LogP contribution >= 0.6 is 0 Å². The van der Waals surface area contributed by atoms with Crippen molar-refractivity contribution in [3.05, 3.63) is 35.6 Å². The Morgan fingerprint density at radius 1 is 1.44 bits per heavy atom. The molecule has 5 heteroatoms. The highest BCUT2D eigenvalue weighted by Gasteiger charge is 2.27. The monoisotopic (exact) mass is 245 g/mol. The number of halogens is 1. The van der Waals surface area contributed by atoms with Crippen molar-refractivity contribution in [2.24, 2.45) is 5.73 Å². The fourth-order valence-corrected chi connectivity index (χ4v) is 3.05. The average Bonchev–Trinajstić information content (AvgIpc) is 2.16. The van der Waals surface area contributed by atoms with Gasteiger partial charge in [-0.05, 0) is 24.1 Å². The second kappa shape index (κ2) is 4.93. The predicted molar refractivity (Wildman–Crippen MR) is 62.3 cm³/mol. The molecule has 1 rings (SSSR count). The van der Waals surface area contributed by atoms with Gasteiger partial charge in [-0.25, -0.2) is 12.8 Å². The third kappa shape index (κ3) is 3.02. The Labute approximate surface area is 95.4 Å². The van der Waals surface area contributed by atoms with E-state index in [4.69, 9.17) is 5.73 Å². The Morgan fingerprint density at radius 3 is 2.50 bits per heavy atom. The van der Waals surface area contributed by atoms with E-state index in [0.29, 0.717) is 12.0 Å². The van der Waals surface area contributed by atoms with Crippen molar-refractivity contribution < 1.29 is 12.8 Å². The first-order valence-electron chi connectivity index (χ1n) is 5.06. The highest BCUT2D eigenvalue weighted by molar-refractivity contribution is 7.91. The normalized spacial score (nSPS) is 15.8. The minimum Gasteiger partial charge on any atom is -0.323 e. The summed E-state index contributed by atoms with van der Waals surface area (Å²) in [5.41, 5.74) is 6.37. The van der Waals surface area contributed by atoms with E-state index in [1.807, 2.05) is 0 Å². The number of hydrogen-bond acceptors (Lipinski definition) is 3. The largest absolute Gasteiger partial charge is 0.323 e. The summed E-state index contributed by atoms with van der Waals surface area (Å²) in [5.74, 6) is -0.406. The zero-order chi connectivity index (χ0) is 12.3. The Balaban J connectivity index is 3.05. The van der Waals surface area contributed by atoms with E-state index >= 15 is 0 Å². The van der Waals surface area contributed by atoms with Crippen molar-refractivity contribution in [2.45, 2.75) is 24.6 Å². The maximum absolute atomic E-state index is 13.0. The predicted octanol–water partition coefficient (Wildman–Crippen LogP) is 1.65. The summed E-state index contributed by atoms with van der Waals surface area (Å²) in [4.78, 5) is 0. The number of nitrogens with two attached hydrogens (primary N) is 1. The van der Waals surface area contributed by atoms with Crippen LogP contribution in [0.2, 0.25) is 0 Å². The molecule has 3 nitrogen and oxygen atoms in total. The Morgan fingerprint density at radius 2 is 2.06 bits per heavy atom. The van der Waals surface area contributed by atoms with Gasteiger partial charge in [0.05, 0.1) is 5.25 Å². The summed E-state index contributed by atoms with van der Waals surface area (Å²) in [7, 11) is -3.22. The van der Waals surface area contributed by atoms with E-state index in [0.717, 1.165) is 6.26 Å². The second-order valence-corrected chi connectivity index (χ2v) is 6.12. The van der Waals surface area contributed by atoms with Gasteiger partial charge in [0.25, 0.3) is 0 Å². The van der Waals surface area contributed by atoms with Gasteiger partial charge < -0.3 is 5.73 Å². The molecule has 0 saturated carbocycles. The van der Waals surface area contributed by atoms with Gasteiger partial charge >= 0.3 is 0 Å². The van der Waals surface area contributed by atoms with Gasteiger partial charge in [0.1, 0.15) is 5.82 Å². The maximum Gasteiger partial charge on any atom is 0.152 e.